The number of hydrogen-bond donors (Lipinski definition) is 2. The third-order valence-electron chi connectivity index (χ3n) is 6.64. The minimum atomic E-state index is -1.98. The predicted molar refractivity (Wildman–Crippen MR) is 144 cm³/mol. The second kappa shape index (κ2) is 9.95. The van der Waals surface area contributed by atoms with Crippen molar-refractivity contribution in [1.29, 1.82) is 0 Å². The van der Waals surface area contributed by atoms with Crippen molar-refractivity contribution >= 4 is 47.6 Å². The number of nitrogens with one attached hydrogen (secondary N) is 1. The minimum Gasteiger partial charge on any atom is -0.481 e. The zero-order valence-corrected chi connectivity index (χ0v) is 22.0. The summed E-state index contributed by atoms with van der Waals surface area (Å²) in [7, 11) is 6.38. The molecule has 0 bridgehead atoms. The van der Waals surface area contributed by atoms with Crippen LogP contribution in [0.15, 0.2) is 36.9 Å². The Bertz CT molecular complexity index is 1090. The SMILES string of the molecule is C=Cc1cc(N(C)C)cc2c1C(=[NH+]CCCCCC(=O)O)c1ccc(N(C)C)cc1[Si]2(C)C. The first kappa shape index (κ1) is 24.8. The number of unbranched alkanes of at least 4 members (excludes halogenated alkanes) is 2. The molecule has 0 aliphatic carbocycles. The molecule has 5 nitrogen and oxygen atoms in total. The van der Waals surface area contributed by atoms with Crippen LogP contribution in [0.3, 0.4) is 0 Å². The largest absolute Gasteiger partial charge is 0.481 e. The van der Waals surface area contributed by atoms with Gasteiger partial charge in [0.25, 0.3) is 0 Å². The van der Waals surface area contributed by atoms with Crippen LogP contribution in [0, 0.1) is 0 Å². The highest BCUT2D eigenvalue weighted by Gasteiger charge is 2.41. The third kappa shape index (κ3) is 5.06. The molecule has 2 N–H and O–H groups in total. The lowest BCUT2D eigenvalue weighted by Crippen LogP contribution is -2.77. The summed E-state index contributed by atoms with van der Waals surface area (Å²) in [6, 6.07) is 11.4. The summed E-state index contributed by atoms with van der Waals surface area (Å²) in [5.41, 5.74) is 7.32. The van der Waals surface area contributed by atoms with E-state index in [4.69, 9.17) is 5.11 Å². The van der Waals surface area contributed by atoms with Crippen LogP contribution in [0.2, 0.25) is 13.1 Å². The molecule has 176 valence electrons. The van der Waals surface area contributed by atoms with E-state index in [2.05, 4.69) is 93.0 Å². The van der Waals surface area contributed by atoms with Gasteiger partial charge in [0.15, 0.2) is 0 Å². The van der Waals surface area contributed by atoms with Gasteiger partial charge in [0.2, 0.25) is 5.71 Å². The van der Waals surface area contributed by atoms with Gasteiger partial charge in [-0.3, -0.25) is 4.79 Å². The molecule has 33 heavy (non-hydrogen) atoms. The Morgan fingerprint density at radius 3 is 2.27 bits per heavy atom. The van der Waals surface area contributed by atoms with E-state index in [0.717, 1.165) is 31.4 Å². The molecule has 6 heteroatoms. The zero-order valence-electron chi connectivity index (χ0n) is 21.0. The van der Waals surface area contributed by atoms with Crippen molar-refractivity contribution in [2.24, 2.45) is 0 Å². The van der Waals surface area contributed by atoms with Gasteiger partial charge in [-0.1, -0.05) is 25.7 Å². The summed E-state index contributed by atoms with van der Waals surface area (Å²) in [5, 5.41) is 11.8. The quantitative estimate of drug-likeness (QED) is 0.441. The first-order chi connectivity index (χ1) is 15.6. The molecule has 0 aromatic heterocycles. The van der Waals surface area contributed by atoms with E-state index in [1.54, 1.807) is 0 Å². The molecular formula is C27H38N3O2Si+. The molecule has 2 aromatic carbocycles. The first-order valence-electron chi connectivity index (χ1n) is 11.7. The van der Waals surface area contributed by atoms with Gasteiger partial charge in [0.1, 0.15) is 14.6 Å². The average Bonchev–Trinajstić information content (AvgIpc) is 2.76. The minimum absolute atomic E-state index is 0.239. The number of nitrogens with zero attached hydrogens (tertiary/aromatic N) is 2. The van der Waals surface area contributed by atoms with E-state index in [1.807, 2.05) is 6.08 Å². The van der Waals surface area contributed by atoms with Crippen molar-refractivity contribution in [1.82, 2.24) is 0 Å². The second-order valence-corrected chi connectivity index (χ2v) is 14.1. The molecule has 0 spiro atoms. The Balaban J connectivity index is 2.14. The zero-order chi connectivity index (χ0) is 24.3. The number of aliphatic carboxylic acids is 1. The summed E-state index contributed by atoms with van der Waals surface area (Å²) >= 11 is 0. The van der Waals surface area contributed by atoms with E-state index in [1.165, 1.54) is 38.6 Å². The van der Waals surface area contributed by atoms with Crippen LogP contribution in [-0.2, 0) is 4.79 Å². The standard InChI is InChI=1S/C27H37N3O2Si/c1-8-19-16-21(30(4)5)18-24-26(19)27(28-15-11-9-10-12-25(31)32)22-14-13-20(29(2)3)17-23(22)33(24,6)7/h8,13-14,16-18H,1,9-12,15H2,2-7H3,(H,31,32)/p+1. The van der Waals surface area contributed by atoms with Crippen molar-refractivity contribution in [3.63, 3.8) is 0 Å². The molecule has 1 aliphatic rings. The van der Waals surface area contributed by atoms with Gasteiger partial charge in [-0.15, -0.1) is 0 Å². The summed E-state index contributed by atoms with van der Waals surface area (Å²) in [6.07, 6.45) is 4.78. The number of benzene rings is 2. The topological polar surface area (TPSA) is 57.8 Å². The van der Waals surface area contributed by atoms with Crippen LogP contribution in [0.5, 0.6) is 0 Å². The molecule has 0 atom stereocenters. The molecular weight excluding hydrogens is 426 g/mol. The Labute approximate surface area is 199 Å². The van der Waals surface area contributed by atoms with E-state index in [9.17, 15) is 4.79 Å². The lowest BCUT2D eigenvalue weighted by Gasteiger charge is -2.35. The van der Waals surface area contributed by atoms with Gasteiger partial charge in [-0.25, -0.2) is 4.99 Å². The molecule has 2 aromatic rings. The molecule has 0 saturated heterocycles. The van der Waals surface area contributed by atoms with Crippen LogP contribution in [0.1, 0.15) is 42.4 Å². The van der Waals surface area contributed by atoms with E-state index in [0.29, 0.717) is 0 Å². The van der Waals surface area contributed by atoms with Crippen molar-refractivity contribution < 1.29 is 14.9 Å². The first-order valence-corrected chi connectivity index (χ1v) is 14.7. The van der Waals surface area contributed by atoms with Crippen LogP contribution in [-0.4, -0.2) is 59.6 Å². The highest BCUT2D eigenvalue weighted by atomic mass is 28.3. The maximum Gasteiger partial charge on any atom is 0.303 e. The number of carboxylic acids is 1. The van der Waals surface area contributed by atoms with Crippen LogP contribution in [0.25, 0.3) is 6.08 Å². The molecule has 0 saturated carbocycles. The second-order valence-electron chi connectivity index (χ2n) is 9.81. The third-order valence-corrected chi connectivity index (χ3v) is 10.1. The number of fused-ring (bicyclic) bond motifs is 2. The van der Waals surface area contributed by atoms with Crippen molar-refractivity contribution in [2.45, 2.75) is 38.8 Å². The van der Waals surface area contributed by atoms with Crippen molar-refractivity contribution in [3.8, 4) is 0 Å². The van der Waals surface area contributed by atoms with Gasteiger partial charge in [0, 0.05) is 58.0 Å². The summed E-state index contributed by atoms with van der Waals surface area (Å²) in [4.78, 5) is 18.9. The Morgan fingerprint density at radius 1 is 1.00 bits per heavy atom. The lowest BCUT2D eigenvalue weighted by molar-refractivity contribution is -0.456. The van der Waals surface area contributed by atoms with E-state index in [-0.39, 0.29) is 6.42 Å². The highest BCUT2D eigenvalue weighted by Crippen LogP contribution is 2.28. The normalized spacial score (nSPS) is 15.0. The Hall–Kier alpha value is -2.86. The molecule has 0 fully saturated rings. The smallest absolute Gasteiger partial charge is 0.303 e. The summed E-state index contributed by atoms with van der Waals surface area (Å²) < 4.78 is 0. The van der Waals surface area contributed by atoms with Gasteiger partial charge < -0.3 is 14.9 Å². The fourth-order valence-corrected chi connectivity index (χ4v) is 7.72. The predicted octanol–water partition coefficient (Wildman–Crippen LogP) is 2.16. The molecule has 0 radical (unpaired) electrons. The number of hydrogen-bond acceptors (Lipinski definition) is 3. The maximum atomic E-state index is 10.8. The number of carbonyl (C=O) groups is 1. The van der Waals surface area contributed by atoms with Gasteiger partial charge >= 0.3 is 5.97 Å². The Kier molecular flexibility index (Phi) is 7.47. The lowest BCUT2D eigenvalue weighted by atomic mass is 9.95. The fraction of sp³-hybridized carbons (Fsp3) is 0.407. The van der Waals surface area contributed by atoms with Crippen molar-refractivity contribution in [3.05, 3.63) is 53.6 Å². The average molecular weight is 465 g/mol. The Morgan fingerprint density at radius 2 is 1.67 bits per heavy atom. The number of anilines is 2. The van der Waals surface area contributed by atoms with Gasteiger partial charge in [-0.2, -0.15) is 0 Å². The summed E-state index contributed by atoms with van der Waals surface area (Å²) in [5.74, 6) is -0.719. The van der Waals surface area contributed by atoms with E-state index >= 15 is 0 Å². The van der Waals surface area contributed by atoms with Gasteiger partial charge in [-0.05, 0) is 59.1 Å². The number of rotatable bonds is 9. The fourth-order valence-electron chi connectivity index (χ4n) is 4.64. The highest BCUT2D eigenvalue weighted by molar-refractivity contribution is 7.02. The van der Waals surface area contributed by atoms with Gasteiger partial charge in [0.05, 0.1) is 5.56 Å². The summed E-state index contributed by atoms with van der Waals surface area (Å²) in [6.45, 7) is 9.85. The molecule has 1 heterocycles. The van der Waals surface area contributed by atoms with Crippen LogP contribution >= 0.6 is 0 Å². The van der Waals surface area contributed by atoms with Crippen LogP contribution in [0.4, 0.5) is 11.4 Å². The van der Waals surface area contributed by atoms with E-state index < -0.39 is 14.0 Å². The molecule has 0 unspecified atom stereocenters. The molecule has 0 amide bonds. The van der Waals surface area contributed by atoms with Crippen LogP contribution < -0.4 is 25.2 Å². The molecule has 1 aliphatic heterocycles. The van der Waals surface area contributed by atoms with Crippen molar-refractivity contribution in [2.75, 3.05) is 44.5 Å². The monoisotopic (exact) mass is 464 g/mol. The number of carboxylic acid groups (broad SMARTS) is 1. The maximum absolute atomic E-state index is 10.8. The molecule has 3 rings (SSSR count).